The molecule has 0 bridgehead atoms. The Balaban J connectivity index is 2.34. The minimum Gasteiger partial charge on any atom is -0.478 e. The Morgan fingerprint density at radius 1 is 1.28 bits per heavy atom. The summed E-state index contributed by atoms with van der Waals surface area (Å²) in [6, 6.07) is 1.68. The summed E-state index contributed by atoms with van der Waals surface area (Å²) in [6.45, 7) is 6.11. The second-order valence-corrected chi connectivity index (χ2v) is 4.33. The van der Waals surface area contributed by atoms with E-state index in [1.54, 1.807) is 25.4 Å². The van der Waals surface area contributed by atoms with Crippen molar-refractivity contribution in [2.24, 2.45) is 0 Å². The molecule has 0 aliphatic heterocycles. The fourth-order valence-corrected chi connectivity index (χ4v) is 1.92. The van der Waals surface area contributed by atoms with Crippen molar-refractivity contribution < 1.29 is 9.90 Å². The van der Waals surface area contributed by atoms with Crippen LogP contribution < -0.4 is 0 Å². The van der Waals surface area contributed by atoms with Gasteiger partial charge < -0.3 is 9.67 Å². The number of hydrogen-bond acceptors (Lipinski definition) is 3. The third-order valence-corrected chi connectivity index (χ3v) is 2.96. The van der Waals surface area contributed by atoms with Crippen molar-refractivity contribution in [1.29, 1.82) is 0 Å². The molecule has 0 unspecified atom stereocenters. The summed E-state index contributed by atoms with van der Waals surface area (Å²) in [5.74, 6) is -0.899. The second-order valence-electron chi connectivity index (χ2n) is 4.33. The van der Waals surface area contributed by atoms with Crippen LogP contribution in [-0.4, -0.2) is 25.6 Å². The van der Waals surface area contributed by atoms with Gasteiger partial charge in [-0.25, -0.2) is 4.79 Å². The van der Waals surface area contributed by atoms with E-state index >= 15 is 0 Å². The van der Waals surface area contributed by atoms with E-state index in [0.717, 1.165) is 22.8 Å². The summed E-state index contributed by atoms with van der Waals surface area (Å²) in [6.07, 6.45) is 3.43. The first-order chi connectivity index (χ1) is 8.49. The highest BCUT2D eigenvalue weighted by molar-refractivity contribution is 5.89. The van der Waals surface area contributed by atoms with Crippen LogP contribution in [0.1, 0.15) is 33.1 Å². The summed E-state index contributed by atoms with van der Waals surface area (Å²) in [5, 5.41) is 9.06. The van der Waals surface area contributed by atoms with Gasteiger partial charge in [0.25, 0.3) is 0 Å². The van der Waals surface area contributed by atoms with Crippen molar-refractivity contribution >= 4 is 5.97 Å². The van der Waals surface area contributed by atoms with Gasteiger partial charge in [0.1, 0.15) is 0 Å². The van der Waals surface area contributed by atoms with Crippen LogP contribution in [0.3, 0.4) is 0 Å². The van der Waals surface area contributed by atoms with Gasteiger partial charge >= 0.3 is 5.97 Å². The maximum Gasteiger partial charge on any atom is 0.337 e. The fourth-order valence-electron chi connectivity index (χ4n) is 1.92. The first-order valence-corrected chi connectivity index (χ1v) is 5.66. The lowest BCUT2D eigenvalue weighted by Crippen LogP contribution is -2.07. The quantitative estimate of drug-likeness (QED) is 0.897. The van der Waals surface area contributed by atoms with E-state index in [2.05, 4.69) is 9.97 Å². The molecule has 1 N–H and O–H groups in total. The van der Waals surface area contributed by atoms with Crippen LogP contribution in [0.15, 0.2) is 18.5 Å². The molecule has 0 spiro atoms. The normalized spacial score (nSPS) is 10.6. The van der Waals surface area contributed by atoms with Crippen LogP contribution in [0, 0.1) is 20.8 Å². The predicted octanol–water partition coefficient (Wildman–Crippen LogP) is 1.95. The first-order valence-electron chi connectivity index (χ1n) is 5.66. The van der Waals surface area contributed by atoms with Gasteiger partial charge in [0.15, 0.2) is 0 Å². The molecule has 0 saturated carbocycles. The van der Waals surface area contributed by atoms with Gasteiger partial charge in [-0.15, -0.1) is 0 Å². The highest BCUT2D eigenvalue weighted by Crippen LogP contribution is 2.16. The molecule has 2 aromatic heterocycles. The van der Waals surface area contributed by atoms with Gasteiger partial charge in [-0.1, -0.05) is 0 Å². The zero-order chi connectivity index (χ0) is 13.3. The highest BCUT2D eigenvalue weighted by Gasteiger charge is 2.14. The molecule has 2 rings (SSSR count). The Morgan fingerprint density at radius 3 is 2.50 bits per heavy atom. The van der Waals surface area contributed by atoms with Crippen molar-refractivity contribution in [2.45, 2.75) is 27.3 Å². The third kappa shape index (κ3) is 2.25. The Labute approximate surface area is 105 Å². The second kappa shape index (κ2) is 4.60. The molecule has 2 aromatic rings. The SMILES string of the molecule is Cc1cnc(Cn2c(C)cc(C(=O)O)c2C)cn1. The Bertz CT molecular complexity index is 585. The molecular weight excluding hydrogens is 230 g/mol. The lowest BCUT2D eigenvalue weighted by atomic mass is 10.2. The van der Waals surface area contributed by atoms with Crippen molar-refractivity contribution in [3.63, 3.8) is 0 Å². The summed E-state index contributed by atoms with van der Waals surface area (Å²) in [5.41, 5.74) is 3.67. The standard InChI is InChI=1S/C13H15N3O2/c1-8-5-15-11(6-14-8)7-16-9(2)4-12(10(16)3)13(17)18/h4-6H,7H2,1-3H3,(H,17,18). The third-order valence-electron chi connectivity index (χ3n) is 2.96. The number of aromatic nitrogens is 3. The van der Waals surface area contributed by atoms with Crippen molar-refractivity contribution in [1.82, 2.24) is 14.5 Å². The minimum absolute atomic E-state index is 0.340. The van der Waals surface area contributed by atoms with Crippen LogP contribution in [0.25, 0.3) is 0 Å². The maximum absolute atomic E-state index is 11.0. The molecule has 5 nitrogen and oxygen atoms in total. The van der Waals surface area contributed by atoms with Crippen molar-refractivity contribution in [3.8, 4) is 0 Å². The molecule has 5 heteroatoms. The van der Waals surface area contributed by atoms with Crippen LogP contribution in [0.4, 0.5) is 0 Å². The van der Waals surface area contributed by atoms with E-state index in [1.165, 1.54) is 0 Å². The van der Waals surface area contributed by atoms with Gasteiger partial charge in [0, 0.05) is 17.6 Å². The predicted molar refractivity (Wildman–Crippen MR) is 66.7 cm³/mol. The number of aromatic carboxylic acids is 1. The molecule has 0 aliphatic rings. The first kappa shape index (κ1) is 12.3. The monoisotopic (exact) mass is 245 g/mol. The Hall–Kier alpha value is -2.17. The smallest absolute Gasteiger partial charge is 0.337 e. The lowest BCUT2D eigenvalue weighted by molar-refractivity contribution is 0.0696. The van der Waals surface area contributed by atoms with E-state index in [4.69, 9.17) is 5.11 Å². The number of carbonyl (C=O) groups is 1. The van der Waals surface area contributed by atoms with Crippen LogP contribution >= 0.6 is 0 Å². The summed E-state index contributed by atoms with van der Waals surface area (Å²) in [7, 11) is 0. The number of carboxylic acid groups (broad SMARTS) is 1. The Morgan fingerprint density at radius 2 is 2.00 bits per heavy atom. The van der Waals surface area contributed by atoms with Gasteiger partial charge in [0.2, 0.25) is 0 Å². The zero-order valence-corrected chi connectivity index (χ0v) is 10.6. The summed E-state index contributed by atoms with van der Waals surface area (Å²) >= 11 is 0. The molecule has 94 valence electrons. The van der Waals surface area contributed by atoms with Gasteiger partial charge in [-0.05, 0) is 26.8 Å². The number of aryl methyl sites for hydroxylation is 2. The number of rotatable bonds is 3. The number of nitrogens with zero attached hydrogens (tertiary/aromatic N) is 3. The molecule has 0 aromatic carbocycles. The molecule has 18 heavy (non-hydrogen) atoms. The van der Waals surface area contributed by atoms with Crippen LogP contribution in [0.2, 0.25) is 0 Å². The molecular formula is C13H15N3O2. The van der Waals surface area contributed by atoms with Crippen LogP contribution in [-0.2, 0) is 6.54 Å². The van der Waals surface area contributed by atoms with Gasteiger partial charge in [-0.3, -0.25) is 9.97 Å². The van der Waals surface area contributed by atoms with E-state index < -0.39 is 5.97 Å². The number of carboxylic acids is 1. The molecule has 0 amide bonds. The van der Waals surface area contributed by atoms with Crippen molar-refractivity contribution in [2.75, 3.05) is 0 Å². The molecule has 0 atom stereocenters. The van der Waals surface area contributed by atoms with E-state index in [0.29, 0.717) is 12.1 Å². The van der Waals surface area contributed by atoms with E-state index in [-0.39, 0.29) is 0 Å². The molecule has 2 heterocycles. The molecule has 0 aliphatic carbocycles. The number of hydrogen-bond donors (Lipinski definition) is 1. The average molecular weight is 245 g/mol. The Kier molecular flexibility index (Phi) is 3.14. The van der Waals surface area contributed by atoms with Gasteiger partial charge in [-0.2, -0.15) is 0 Å². The van der Waals surface area contributed by atoms with Crippen LogP contribution in [0.5, 0.6) is 0 Å². The highest BCUT2D eigenvalue weighted by atomic mass is 16.4. The molecule has 0 radical (unpaired) electrons. The molecule has 0 saturated heterocycles. The fraction of sp³-hybridized carbons (Fsp3) is 0.308. The largest absolute Gasteiger partial charge is 0.478 e. The maximum atomic E-state index is 11.0. The zero-order valence-electron chi connectivity index (χ0n) is 10.6. The summed E-state index contributed by atoms with van der Waals surface area (Å²) in [4.78, 5) is 19.5. The molecule has 0 fully saturated rings. The topological polar surface area (TPSA) is 68.0 Å². The minimum atomic E-state index is -0.899. The van der Waals surface area contributed by atoms with Gasteiger partial charge in [0.05, 0.1) is 29.7 Å². The van der Waals surface area contributed by atoms with E-state index in [9.17, 15) is 4.79 Å². The average Bonchev–Trinajstić information content (AvgIpc) is 2.60. The lowest BCUT2D eigenvalue weighted by Gasteiger charge is -2.08. The van der Waals surface area contributed by atoms with Crippen molar-refractivity contribution in [3.05, 3.63) is 46.8 Å². The summed E-state index contributed by atoms with van der Waals surface area (Å²) < 4.78 is 1.93. The van der Waals surface area contributed by atoms with E-state index in [1.807, 2.05) is 18.4 Å².